The number of amides is 2. The fourth-order valence-corrected chi connectivity index (χ4v) is 3.05. The molecule has 23 heavy (non-hydrogen) atoms. The maximum atomic E-state index is 13.1. The van der Waals surface area contributed by atoms with Crippen molar-refractivity contribution in [1.29, 1.82) is 0 Å². The van der Waals surface area contributed by atoms with Gasteiger partial charge in [-0.25, -0.2) is 9.18 Å². The molecular weight excluding hydrogens is 299 g/mol. The van der Waals surface area contributed by atoms with Crippen molar-refractivity contribution in [2.45, 2.75) is 26.7 Å². The Labute approximate surface area is 135 Å². The highest BCUT2D eigenvalue weighted by molar-refractivity contribution is 5.76. The molecule has 1 heterocycles. The van der Waals surface area contributed by atoms with E-state index in [2.05, 4.69) is 5.32 Å². The van der Waals surface area contributed by atoms with Gasteiger partial charge in [0.15, 0.2) is 0 Å². The van der Waals surface area contributed by atoms with Gasteiger partial charge in [0, 0.05) is 19.6 Å². The summed E-state index contributed by atoms with van der Waals surface area (Å²) in [7, 11) is 0. The maximum Gasteiger partial charge on any atom is 0.317 e. The van der Waals surface area contributed by atoms with E-state index in [-0.39, 0.29) is 24.3 Å². The number of carbonyl (C=O) groups excluding carboxylic acids is 1. The summed E-state index contributed by atoms with van der Waals surface area (Å²) in [4.78, 5) is 24.9. The number of rotatable bonds is 4. The van der Waals surface area contributed by atoms with Gasteiger partial charge in [-0.2, -0.15) is 0 Å². The Morgan fingerprint density at radius 2 is 2.13 bits per heavy atom. The molecule has 0 bridgehead atoms. The van der Waals surface area contributed by atoms with Crippen LogP contribution in [0.5, 0.6) is 0 Å². The van der Waals surface area contributed by atoms with Crippen LogP contribution in [0.15, 0.2) is 18.2 Å². The summed E-state index contributed by atoms with van der Waals surface area (Å²) in [5.41, 5.74) is 1.85. The number of carbonyl (C=O) groups is 2. The third-order valence-electron chi connectivity index (χ3n) is 4.27. The Hall–Kier alpha value is -2.11. The summed E-state index contributed by atoms with van der Waals surface area (Å²) >= 11 is 0. The van der Waals surface area contributed by atoms with Gasteiger partial charge in [-0.15, -0.1) is 0 Å². The minimum Gasteiger partial charge on any atom is -0.481 e. The molecule has 1 aromatic carbocycles. The van der Waals surface area contributed by atoms with Gasteiger partial charge in [-0.3, -0.25) is 4.79 Å². The predicted molar refractivity (Wildman–Crippen MR) is 84.7 cm³/mol. The Morgan fingerprint density at radius 1 is 1.39 bits per heavy atom. The second-order valence-electron chi connectivity index (χ2n) is 6.33. The van der Waals surface area contributed by atoms with Crippen LogP contribution in [0.1, 0.15) is 24.5 Å². The van der Waals surface area contributed by atoms with Crippen LogP contribution in [-0.2, 0) is 11.2 Å². The number of carboxylic acid groups (broad SMARTS) is 1. The van der Waals surface area contributed by atoms with Crippen molar-refractivity contribution in [1.82, 2.24) is 10.2 Å². The van der Waals surface area contributed by atoms with Crippen molar-refractivity contribution in [3.63, 3.8) is 0 Å². The number of benzene rings is 1. The zero-order valence-corrected chi connectivity index (χ0v) is 13.5. The molecule has 0 aliphatic carbocycles. The number of nitrogens with one attached hydrogen (secondary N) is 1. The van der Waals surface area contributed by atoms with Crippen molar-refractivity contribution in [3.05, 3.63) is 35.1 Å². The van der Waals surface area contributed by atoms with Gasteiger partial charge >= 0.3 is 12.0 Å². The predicted octanol–water partition coefficient (Wildman–Crippen LogP) is 2.43. The quantitative estimate of drug-likeness (QED) is 0.894. The monoisotopic (exact) mass is 322 g/mol. The van der Waals surface area contributed by atoms with Gasteiger partial charge in [0.05, 0.1) is 5.92 Å². The first-order chi connectivity index (χ1) is 10.9. The van der Waals surface area contributed by atoms with E-state index in [9.17, 15) is 14.0 Å². The van der Waals surface area contributed by atoms with Crippen LogP contribution in [-0.4, -0.2) is 41.6 Å². The molecule has 6 heteroatoms. The Kier molecular flexibility index (Phi) is 5.58. The van der Waals surface area contributed by atoms with E-state index < -0.39 is 11.9 Å². The summed E-state index contributed by atoms with van der Waals surface area (Å²) in [5.74, 6) is -1.44. The van der Waals surface area contributed by atoms with E-state index in [0.29, 0.717) is 25.9 Å². The first-order valence-corrected chi connectivity index (χ1v) is 7.87. The highest BCUT2D eigenvalue weighted by atomic mass is 19.1. The van der Waals surface area contributed by atoms with Gasteiger partial charge in [0.1, 0.15) is 5.82 Å². The lowest BCUT2D eigenvalue weighted by Crippen LogP contribution is -2.49. The molecule has 1 aliphatic heterocycles. The highest BCUT2D eigenvalue weighted by Gasteiger charge is 2.31. The Morgan fingerprint density at radius 3 is 2.78 bits per heavy atom. The molecular formula is C17H23FN2O3. The fourth-order valence-electron chi connectivity index (χ4n) is 3.05. The summed E-state index contributed by atoms with van der Waals surface area (Å²) in [6.07, 6.45) is 1.22. The van der Waals surface area contributed by atoms with Gasteiger partial charge < -0.3 is 15.3 Å². The fraction of sp³-hybridized carbons (Fsp3) is 0.529. The zero-order valence-electron chi connectivity index (χ0n) is 13.5. The number of nitrogens with zero attached hydrogens (tertiary/aromatic N) is 1. The van der Waals surface area contributed by atoms with E-state index in [4.69, 9.17) is 5.11 Å². The van der Waals surface area contributed by atoms with Crippen molar-refractivity contribution in [2.24, 2.45) is 11.8 Å². The van der Waals surface area contributed by atoms with Crippen LogP contribution in [0.3, 0.4) is 0 Å². The van der Waals surface area contributed by atoms with Gasteiger partial charge in [0.25, 0.3) is 0 Å². The zero-order chi connectivity index (χ0) is 17.0. The molecule has 1 aliphatic rings. The number of aliphatic carboxylic acids is 1. The standard InChI is InChI=1S/C17H23FN2O3/c1-11-7-14(16(21)22)10-20(9-11)17(23)19-6-5-13-3-4-15(18)8-12(13)2/h3-4,8,11,14H,5-7,9-10H2,1-2H3,(H,19,23)(H,21,22). The number of halogens is 1. The van der Waals surface area contributed by atoms with Crippen molar-refractivity contribution < 1.29 is 19.1 Å². The molecule has 2 rings (SSSR count). The maximum absolute atomic E-state index is 13.1. The minimum absolute atomic E-state index is 0.176. The number of urea groups is 1. The molecule has 0 spiro atoms. The van der Waals surface area contributed by atoms with Crippen LogP contribution in [0, 0.1) is 24.6 Å². The van der Waals surface area contributed by atoms with Crippen molar-refractivity contribution in [3.8, 4) is 0 Å². The van der Waals surface area contributed by atoms with Crippen molar-refractivity contribution in [2.75, 3.05) is 19.6 Å². The topological polar surface area (TPSA) is 69.6 Å². The number of piperidine rings is 1. The number of hydrogen-bond acceptors (Lipinski definition) is 2. The highest BCUT2D eigenvalue weighted by Crippen LogP contribution is 2.21. The average molecular weight is 322 g/mol. The average Bonchev–Trinajstić information content (AvgIpc) is 2.48. The van der Waals surface area contributed by atoms with Crippen LogP contribution in [0.4, 0.5) is 9.18 Å². The summed E-state index contributed by atoms with van der Waals surface area (Å²) in [5, 5.41) is 12.0. The molecule has 0 saturated carbocycles. The number of hydrogen-bond donors (Lipinski definition) is 2. The lowest BCUT2D eigenvalue weighted by Gasteiger charge is -2.34. The number of aryl methyl sites for hydroxylation is 1. The molecule has 1 saturated heterocycles. The summed E-state index contributed by atoms with van der Waals surface area (Å²) in [6.45, 7) is 5.06. The van der Waals surface area contributed by atoms with E-state index in [1.165, 1.54) is 12.1 Å². The molecule has 2 atom stereocenters. The molecule has 2 unspecified atom stereocenters. The lowest BCUT2D eigenvalue weighted by molar-refractivity contribution is -0.143. The minimum atomic E-state index is -0.851. The molecule has 1 aromatic rings. The first kappa shape index (κ1) is 17.2. The molecule has 126 valence electrons. The smallest absolute Gasteiger partial charge is 0.317 e. The van der Waals surface area contributed by atoms with Crippen LogP contribution >= 0.6 is 0 Å². The van der Waals surface area contributed by atoms with Gasteiger partial charge in [-0.05, 0) is 48.9 Å². The Balaban J connectivity index is 1.85. The van der Waals surface area contributed by atoms with Crippen molar-refractivity contribution >= 4 is 12.0 Å². The molecule has 1 fully saturated rings. The molecule has 2 amide bonds. The first-order valence-electron chi connectivity index (χ1n) is 7.87. The number of likely N-dealkylation sites (tertiary alicyclic amines) is 1. The SMILES string of the molecule is Cc1cc(F)ccc1CCNC(=O)N1CC(C)CC(C(=O)O)C1. The third-order valence-corrected chi connectivity index (χ3v) is 4.27. The van der Waals surface area contributed by atoms with Crippen LogP contribution < -0.4 is 5.32 Å². The van der Waals surface area contributed by atoms with Gasteiger partial charge in [0.2, 0.25) is 0 Å². The summed E-state index contributed by atoms with van der Waals surface area (Å²) in [6, 6.07) is 4.37. The van der Waals surface area contributed by atoms with E-state index >= 15 is 0 Å². The van der Waals surface area contributed by atoms with E-state index in [0.717, 1.165) is 11.1 Å². The second-order valence-corrected chi connectivity index (χ2v) is 6.33. The summed E-state index contributed by atoms with van der Waals surface area (Å²) < 4.78 is 13.1. The molecule has 0 radical (unpaired) electrons. The molecule has 5 nitrogen and oxygen atoms in total. The normalized spacial score (nSPS) is 21.1. The van der Waals surface area contributed by atoms with Crippen LogP contribution in [0.25, 0.3) is 0 Å². The third kappa shape index (κ3) is 4.68. The number of carboxylic acids is 1. The Bertz CT molecular complexity index is 591. The molecule has 0 aromatic heterocycles. The molecule has 2 N–H and O–H groups in total. The van der Waals surface area contributed by atoms with E-state index in [1.54, 1.807) is 11.0 Å². The van der Waals surface area contributed by atoms with Crippen LogP contribution in [0.2, 0.25) is 0 Å². The largest absolute Gasteiger partial charge is 0.481 e. The van der Waals surface area contributed by atoms with Gasteiger partial charge in [-0.1, -0.05) is 13.0 Å². The lowest BCUT2D eigenvalue weighted by atomic mass is 9.91. The van der Waals surface area contributed by atoms with E-state index in [1.807, 2.05) is 13.8 Å². The second kappa shape index (κ2) is 7.44.